The molecular formula is C11H8Cl2FN3O2S. The van der Waals surface area contributed by atoms with Crippen LogP contribution in [-0.4, -0.2) is 25.7 Å². The lowest BCUT2D eigenvalue weighted by molar-refractivity contribution is 0.592. The van der Waals surface area contributed by atoms with Crippen molar-refractivity contribution < 1.29 is 12.8 Å². The van der Waals surface area contributed by atoms with Gasteiger partial charge in [-0.15, -0.1) is 10.2 Å². The van der Waals surface area contributed by atoms with Crippen LogP contribution in [0.1, 0.15) is 0 Å². The van der Waals surface area contributed by atoms with Gasteiger partial charge in [-0.2, -0.15) is 0 Å². The molecule has 1 aromatic carbocycles. The number of sulfonamides is 1. The SMILES string of the molecule is CN(c1ccc(Cl)nn1)S(=O)(=O)c1ccc(F)cc1Cl. The fourth-order valence-electron chi connectivity index (χ4n) is 1.43. The van der Waals surface area contributed by atoms with Crippen LogP contribution in [-0.2, 0) is 10.0 Å². The van der Waals surface area contributed by atoms with Gasteiger partial charge >= 0.3 is 0 Å². The first-order valence-corrected chi connectivity index (χ1v) is 7.45. The molecule has 0 N–H and O–H groups in total. The van der Waals surface area contributed by atoms with Crippen LogP contribution in [0.15, 0.2) is 35.2 Å². The van der Waals surface area contributed by atoms with Crippen LogP contribution >= 0.6 is 23.2 Å². The third-order valence-corrected chi connectivity index (χ3v) is 4.92. The van der Waals surface area contributed by atoms with Crippen molar-refractivity contribution in [3.8, 4) is 0 Å². The molecule has 0 saturated heterocycles. The third-order valence-electron chi connectivity index (χ3n) is 2.47. The van der Waals surface area contributed by atoms with Gasteiger partial charge in [-0.05, 0) is 30.3 Å². The molecule has 9 heteroatoms. The maximum absolute atomic E-state index is 13.0. The zero-order valence-electron chi connectivity index (χ0n) is 10.1. The Kier molecular flexibility index (Phi) is 4.12. The molecule has 0 aliphatic rings. The van der Waals surface area contributed by atoms with Crippen molar-refractivity contribution in [3.63, 3.8) is 0 Å². The second-order valence-electron chi connectivity index (χ2n) is 3.76. The Balaban J connectivity index is 2.46. The monoisotopic (exact) mass is 335 g/mol. The Labute approximate surface area is 125 Å². The first-order valence-electron chi connectivity index (χ1n) is 5.25. The minimum Gasteiger partial charge on any atom is -0.251 e. The van der Waals surface area contributed by atoms with Gasteiger partial charge in [0.25, 0.3) is 10.0 Å². The summed E-state index contributed by atoms with van der Waals surface area (Å²) in [5.41, 5.74) is 0. The molecule has 0 saturated carbocycles. The van der Waals surface area contributed by atoms with Crippen molar-refractivity contribution in [1.82, 2.24) is 10.2 Å². The van der Waals surface area contributed by atoms with Gasteiger partial charge in [0.2, 0.25) is 0 Å². The van der Waals surface area contributed by atoms with Gasteiger partial charge in [0, 0.05) is 7.05 Å². The van der Waals surface area contributed by atoms with Crippen molar-refractivity contribution in [2.45, 2.75) is 4.90 Å². The summed E-state index contributed by atoms with van der Waals surface area (Å²) in [4.78, 5) is -0.222. The summed E-state index contributed by atoms with van der Waals surface area (Å²) in [6.45, 7) is 0. The molecule has 20 heavy (non-hydrogen) atoms. The number of hydrogen-bond donors (Lipinski definition) is 0. The summed E-state index contributed by atoms with van der Waals surface area (Å²) in [5, 5.41) is 7.15. The standard InChI is InChI=1S/C11H8Cl2FN3O2S/c1-17(11-5-4-10(13)15-16-11)20(18,19)9-3-2-7(14)6-8(9)12/h2-6H,1H3. The molecule has 0 radical (unpaired) electrons. The van der Waals surface area contributed by atoms with E-state index in [-0.39, 0.29) is 20.9 Å². The first kappa shape index (κ1) is 15.0. The van der Waals surface area contributed by atoms with Crippen LogP contribution in [0.2, 0.25) is 10.2 Å². The highest BCUT2D eigenvalue weighted by Gasteiger charge is 2.25. The highest BCUT2D eigenvalue weighted by Crippen LogP contribution is 2.27. The topological polar surface area (TPSA) is 63.2 Å². The minimum absolute atomic E-state index is 0.0646. The molecule has 0 amide bonds. The Morgan fingerprint density at radius 1 is 1.15 bits per heavy atom. The number of nitrogens with zero attached hydrogens (tertiary/aromatic N) is 3. The summed E-state index contributed by atoms with van der Waals surface area (Å²) < 4.78 is 38.6. The highest BCUT2D eigenvalue weighted by molar-refractivity contribution is 7.92. The van der Waals surface area contributed by atoms with Crippen LogP contribution in [0, 0.1) is 5.82 Å². The molecule has 2 aromatic rings. The normalized spacial score (nSPS) is 11.4. The molecule has 5 nitrogen and oxygen atoms in total. The van der Waals surface area contributed by atoms with Gasteiger partial charge in [-0.3, -0.25) is 4.31 Å². The van der Waals surface area contributed by atoms with Crippen LogP contribution in [0.3, 0.4) is 0 Å². The Morgan fingerprint density at radius 3 is 2.40 bits per heavy atom. The fourth-order valence-corrected chi connectivity index (χ4v) is 3.18. The van der Waals surface area contributed by atoms with E-state index in [0.29, 0.717) is 0 Å². The van der Waals surface area contributed by atoms with Crippen LogP contribution in [0.5, 0.6) is 0 Å². The Morgan fingerprint density at radius 2 is 1.85 bits per heavy atom. The van der Waals surface area contributed by atoms with E-state index in [1.54, 1.807) is 0 Å². The van der Waals surface area contributed by atoms with E-state index in [0.717, 1.165) is 22.5 Å². The van der Waals surface area contributed by atoms with Gasteiger partial charge in [-0.1, -0.05) is 23.2 Å². The third kappa shape index (κ3) is 2.84. The van der Waals surface area contributed by atoms with Crippen molar-refractivity contribution in [2.24, 2.45) is 0 Å². The van der Waals surface area contributed by atoms with E-state index < -0.39 is 15.8 Å². The molecule has 0 unspecified atom stereocenters. The van der Waals surface area contributed by atoms with Gasteiger partial charge in [-0.25, -0.2) is 12.8 Å². The van der Waals surface area contributed by atoms with E-state index in [1.807, 2.05) is 0 Å². The van der Waals surface area contributed by atoms with Crippen LogP contribution < -0.4 is 4.31 Å². The lowest BCUT2D eigenvalue weighted by atomic mass is 10.3. The second-order valence-corrected chi connectivity index (χ2v) is 6.49. The molecule has 0 spiro atoms. The zero-order valence-corrected chi connectivity index (χ0v) is 12.4. The summed E-state index contributed by atoms with van der Waals surface area (Å²) in [6, 6.07) is 5.83. The largest absolute Gasteiger partial charge is 0.266 e. The maximum Gasteiger partial charge on any atom is 0.266 e. The lowest BCUT2D eigenvalue weighted by Crippen LogP contribution is -2.27. The van der Waals surface area contributed by atoms with E-state index in [9.17, 15) is 12.8 Å². The maximum atomic E-state index is 13.0. The average molecular weight is 336 g/mol. The van der Waals surface area contributed by atoms with E-state index >= 15 is 0 Å². The number of hydrogen-bond acceptors (Lipinski definition) is 4. The summed E-state index contributed by atoms with van der Waals surface area (Å²) in [6.07, 6.45) is 0. The molecule has 0 aliphatic carbocycles. The molecule has 0 atom stereocenters. The minimum atomic E-state index is -3.96. The Hall–Kier alpha value is -1.44. The molecule has 0 aliphatic heterocycles. The van der Waals surface area contributed by atoms with Crippen molar-refractivity contribution in [3.05, 3.63) is 46.3 Å². The lowest BCUT2D eigenvalue weighted by Gasteiger charge is -2.18. The van der Waals surface area contributed by atoms with Gasteiger partial charge < -0.3 is 0 Å². The zero-order chi connectivity index (χ0) is 14.9. The smallest absolute Gasteiger partial charge is 0.251 e. The molecule has 2 rings (SSSR count). The predicted octanol–water partition coefficient (Wildman–Crippen LogP) is 2.75. The number of rotatable bonds is 3. The Bertz CT molecular complexity index is 738. The van der Waals surface area contributed by atoms with Crippen molar-refractivity contribution >= 4 is 39.0 Å². The predicted molar refractivity (Wildman–Crippen MR) is 74.0 cm³/mol. The van der Waals surface area contributed by atoms with E-state index in [2.05, 4.69) is 10.2 Å². The fraction of sp³-hybridized carbons (Fsp3) is 0.0909. The number of halogens is 3. The van der Waals surface area contributed by atoms with Crippen molar-refractivity contribution in [1.29, 1.82) is 0 Å². The number of aromatic nitrogens is 2. The quantitative estimate of drug-likeness (QED) is 0.865. The van der Waals surface area contributed by atoms with Gasteiger partial charge in [0.1, 0.15) is 10.7 Å². The van der Waals surface area contributed by atoms with Crippen LogP contribution in [0.4, 0.5) is 10.2 Å². The van der Waals surface area contributed by atoms with E-state index in [1.165, 1.54) is 19.2 Å². The molecule has 0 bridgehead atoms. The molecule has 106 valence electrons. The highest BCUT2D eigenvalue weighted by atomic mass is 35.5. The summed E-state index contributed by atoms with van der Waals surface area (Å²) in [5.74, 6) is -0.558. The average Bonchev–Trinajstić information content (AvgIpc) is 2.38. The van der Waals surface area contributed by atoms with Crippen LogP contribution in [0.25, 0.3) is 0 Å². The molecule has 1 aromatic heterocycles. The van der Waals surface area contributed by atoms with Gasteiger partial charge in [0.15, 0.2) is 11.0 Å². The summed E-state index contributed by atoms with van der Waals surface area (Å²) in [7, 11) is -2.68. The van der Waals surface area contributed by atoms with Crippen molar-refractivity contribution in [2.75, 3.05) is 11.4 Å². The molecular weight excluding hydrogens is 328 g/mol. The molecule has 0 fully saturated rings. The first-order chi connectivity index (χ1) is 9.32. The number of benzene rings is 1. The van der Waals surface area contributed by atoms with Gasteiger partial charge in [0.05, 0.1) is 5.02 Å². The second kappa shape index (κ2) is 5.51. The summed E-state index contributed by atoms with van der Waals surface area (Å²) >= 11 is 11.4. The molecule has 1 heterocycles. The van der Waals surface area contributed by atoms with E-state index in [4.69, 9.17) is 23.2 Å². The number of anilines is 1.